The quantitative estimate of drug-likeness (QED) is 0.207. The van der Waals surface area contributed by atoms with E-state index in [4.69, 9.17) is 26.8 Å². The van der Waals surface area contributed by atoms with E-state index in [9.17, 15) is 9.36 Å². The van der Waals surface area contributed by atoms with Crippen LogP contribution in [0.5, 0.6) is 0 Å². The molecule has 0 aliphatic heterocycles. The van der Waals surface area contributed by atoms with Gasteiger partial charge in [-0.3, -0.25) is 9.36 Å². The molecule has 0 bridgehead atoms. The summed E-state index contributed by atoms with van der Waals surface area (Å²) in [7, 11) is -3.49. The van der Waals surface area contributed by atoms with E-state index in [1.54, 1.807) is 36.9 Å². The molecule has 0 saturated heterocycles. The van der Waals surface area contributed by atoms with Crippen LogP contribution in [0.3, 0.4) is 0 Å². The molecule has 3 atom stereocenters. The van der Waals surface area contributed by atoms with Crippen molar-refractivity contribution in [2.45, 2.75) is 65.3 Å². The number of ether oxygens (including phenoxy) is 2. The molecule has 0 aliphatic rings. The maximum Gasteiger partial charge on any atom is 0.326 e. The van der Waals surface area contributed by atoms with Crippen LogP contribution < -0.4 is 15.9 Å². The average Bonchev–Trinajstić information content (AvgIpc) is 3.25. The monoisotopic (exact) mass is 551 g/mol. The lowest BCUT2D eigenvalue weighted by molar-refractivity contribution is -0.149. The van der Waals surface area contributed by atoms with E-state index in [1.165, 1.54) is 6.33 Å². The Hall–Kier alpha value is -2.56. The van der Waals surface area contributed by atoms with Gasteiger partial charge in [-0.15, -0.1) is 0 Å². The van der Waals surface area contributed by atoms with E-state index < -0.39 is 19.0 Å². The zero-order valence-electron chi connectivity index (χ0n) is 21.8. The number of hydrogen-bond acceptors (Lipinski definition) is 8. The van der Waals surface area contributed by atoms with Crippen molar-refractivity contribution in [3.8, 4) is 0 Å². The molecule has 2 heterocycles. The number of benzene rings is 1. The number of hydrogen-bond donors (Lipinski definition) is 3. The van der Waals surface area contributed by atoms with Crippen LogP contribution in [0.4, 0.5) is 5.82 Å². The van der Waals surface area contributed by atoms with E-state index in [2.05, 4.69) is 25.1 Å². The van der Waals surface area contributed by atoms with Gasteiger partial charge in [0.25, 0.3) is 0 Å². The van der Waals surface area contributed by atoms with Crippen LogP contribution in [-0.4, -0.2) is 50.1 Å². The molecule has 0 aliphatic carbocycles. The number of nitrogen functional groups attached to an aromatic ring is 1. The lowest BCUT2D eigenvalue weighted by Crippen LogP contribution is -2.49. The van der Waals surface area contributed by atoms with Gasteiger partial charge < -0.3 is 19.8 Å². The third-order valence-electron chi connectivity index (χ3n) is 5.60. The number of carbonyl (C=O) groups excluding carboxylic acids is 1. The van der Waals surface area contributed by atoms with E-state index in [1.807, 2.05) is 32.9 Å². The number of carbonyl (C=O) groups is 1. The predicted octanol–water partition coefficient (Wildman–Crippen LogP) is 4.29. The van der Waals surface area contributed by atoms with Gasteiger partial charge in [0, 0.05) is 11.1 Å². The zero-order chi connectivity index (χ0) is 27.2. The Morgan fingerprint density at radius 3 is 2.59 bits per heavy atom. The van der Waals surface area contributed by atoms with Crippen LogP contribution >= 0.6 is 19.0 Å². The summed E-state index contributed by atoms with van der Waals surface area (Å²) in [6.45, 7) is 9.59. The second-order valence-electron chi connectivity index (χ2n) is 9.45. The number of anilines is 1. The van der Waals surface area contributed by atoms with Crippen LogP contribution in [-0.2, 0) is 25.4 Å². The fourth-order valence-corrected chi connectivity index (χ4v) is 6.27. The maximum atomic E-state index is 14.2. The first-order valence-electron chi connectivity index (χ1n) is 12.1. The number of aromatic nitrogens is 4. The van der Waals surface area contributed by atoms with Crippen LogP contribution in [0.25, 0.3) is 11.2 Å². The second-order valence-corrected chi connectivity index (χ2v) is 12.1. The fraction of sp³-hybridized carbons (Fsp3) is 0.500. The smallest absolute Gasteiger partial charge is 0.326 e. The van der Waals surface area contributed by atoms with Gasteiger partial charge in [-0.05, 0) is 51.8 Å². The normalized spacial score (nSPS) is 15.3. The Balaban J connectivity index is 1.76. The number of fused-ring (bicyclic) bond motifs is 1. The predicted molar refractivity (Wildman–Crippen MR) is 144 cm³/mol. The molecule has 13 heteroatoms. The fourth-order valence-electron chi connectivity index (χ4n) is 3.71. The maximum absolute atomic E-state index is 14.2. The molecular formula is C24H35ClN7O4P. The van der Waals surface area contributed by atoms with Crippen molar-refractivity contribution < 1.29 is 18.8 Å². The van der Waals surface area contributed by atoms with Crippen LogP contribution in [0.1, 0.15) is 52.6 Å². The molecule has 0 saturated carbocycles. The highest BCUT2D eigenvalue weighted by atomic mass is 35.5. The molecule has 11 nitrogen and oxygen atoms in total. The summed E-state index contributed by atoms with van der Waals surface area (Å²) in [4.78, 5) is 25.1. The molecule has 2 unspecified atom stereocenters. The summed E-state index contributed by atoms with van der Waals surface area (Å²) < 4.78 is 27.3. The molecule has 0 radical (unpaired) electrons. The lowest BCUT2D eigenvalue weighted by Gasteiger charge is -2.33. The van der Waals surface area contributed by atoms with Crippen molar-refractivity contribution in [1.29, 1.82) is 0 Å². The Kier molecular flexibility index (Phi) is 9.66. The molecule has 3 rings (SSSR count). The Labute approximate surface area is 222 Å². The molecule has 2 aromatic heterocycles. The summed E-state index contributed by atoms with van der Waals surface area (Å²) in [6, 6.07) is 6.92. The Morgan fingerprint density at radius 2 is 1.92 bits per heavy atom. The highest BCUT2D eigenvalue weighted by Gasteiger charge is 2.38. The number of esters is 1. The van der Waals surface area contributed by atoms with Gasteiger partial charge in [0.15, 0.2) is 11.5 Å². The molecule has 1 aromatic carbocycles. The van der Waals surface area contributed by atoms with Gasteiger partial charge in [0.2, 0.25) is 7.44 Å². The number of rotatable bonds is 13. The number of nitrogens with one attached hydrogen (secondary N) is 2. The summed E-state index contributed by atoms with van der Waals surface area (Å²) in [5.74, 6) is -0.200. The van der Waals surface area contributed by atoms with Crippen molar-refractivity contribution in [3.05, 3.63) is 47.5 Å². The highest BCUT2D eigenvalue weighted by molar-refractivity contribution is 7.59. The van der Waals surface area contributed by atoms with Gasteiger partial charge in [-0.2, -0.15) is 0 Å². The third kappa shape index (κ3) is 7.72. The van der Waals surface area contributed by atoms with Gasteiger partial charge >= 0.3 is 5.97 Å². The summed E-state index contributed by atoms with van der Waals surface area (Å²) in [5.41, 5.74) is 6.62. The molecule has 0 fully saturated rings. The molecular weight excluding hydrogens is 517 g/mol. The lowest BCUT2D eigenvalue weighted by atomic mass is 10.1. The standard InChI is InChI=1S/C24H35ClN7O4P/c1-6-11-35-23(33)24(4,5)31-37(34,30-17(3)18-7-9-19(25)10-8-18)15-36-16(2)12-32-14-29-20-21(26)27-13-28-22(20)32/h7-10,13-14,16-17H,6,11-12,15H2,1-5H3,(H2,26,27,28)(H2,30,31,34)/t16?,17-,37?/m1/s1. The van der Waals surface area contributed by atoms with Gasteiger partial charge in [0.05, 0.1) is 25.6 Å². The first-order chi connectivity index (χ1) is 17.4. The minimum absolute atomic E-state index is 0.180. The van der Waals surface area contributed by atoms with Crippen molar-refractivity contribution in [1.82, 2.24) is 29.7 Å². The highest BCUT2D eigenvalue weighted by Crippen LogP contribution is 2.42. The average molecular weight is 552 g/mol. The molecule has 3 aromatic rings. The van der Waals surface area contributed by atoms with E-state index in [0.29, 0.717) is 35.0 Å². The van der Waals surface area contributed by atoms with Gasteiger partial charge in [-0.1, -0.05) is 30.7 Å². The van der Waals surface area contributed by atoms with Crippen molar-refractivity contribution in [2.75, 3.05) is 18.7 Å². The minimum Gasteiger partial charge on any atom is -0.464 e. The largest absolute Gasteiger partial charge is 0.464 e. The molecule has 0 spiro atoms. The molecule has 37 heavy (non-hydrogen) atoms. The molecule has 4 N–H and O–H groups in total. The SMILES string of the molecule is CCCOC(=O)C(C)(C)NP(=O)(COC(C)Cn1cnc2c(N)ncnc21)N[C@H](C)c1ccc(Cl)cc1. The number of imidazole rings is 1. The first-order valence-corrected chi connectivity index (χ1v) is 14.3. The summed E-state index contributed by atoms with van der Waals surface area (Å²) in [5, 5.41) is 6.77. The van der Waals surface area contributed by atoms with E-state index in [-0.39, 0.29) is 25.1 Å². The van der Waals surface area contributed by atoms with Crippen molar-refractivity contribution >= 4 is 42.0 Å². The van der Waals surface area contributed by atoms with Crippen LogP contribution in [0.15, 0.2) is 36.9 Å². The summed E-state index contributed by atoms with van der Waals surface area (Å²) >= 11 is 6.02. The van der Waals surface area contributed by atoms with Crippen LogP contribution in [0, 0.1) is 0 Å². The number of halogens is 1. The van der Waals surface area contributed by atoms with Crippen molar-refractivity contribution in [3.63, 3.8) is 0 Å². The number of nitrogens with zero attached hydrogens (tertiary/aromatic N) is 4. The van der Waals surface area contributed by atoms with Crippen LogP contribution in [0.2, 0.25) is 5.02 Å². The van der Waals surface area contributed by atoms with Gasteiger partial charge in [0.1, 0.15) is 23.7 Å². The topological polar surface area (TPSA) is 146 Å². The molecule has 202 valence electrons. The number of nitrogens with two attached hydrogens (primary N) is 1. The van der Waals surface area contributed by atoms with Gasteiger partial charge in [-0.25, -0.2) is 25.1 Å². The third-order valence-corrected chi connectivity index (χ3v) is 8.09. The molecule has 0 amide bonds. The van der Waals surface area contributed by atoms with E-state index >= 15 is 0 Å². The first kappa shape index (κ1) is 29.0. The minimum atomic E-state index is -3.49. The Morgan fingerprint density at radius 1 is 1.22 bits per heavy atom. The zero-order valence-corrected chi connectivity index (χ0v) is 23.4. The van der Waals surface area contributed by atoms with E-state index in [0.717, 1.165) is 5.56 Å². The summed E-state index contributed by atoms with van der Waals surface area (Å²) in [6.07, 6.45) is 3.13. The Bertz CT molecular complexity index is 1250. The van der Waals surface area contributed by atoms with Crippen molar-refractivity contribution in [2.24, 2.45) is 0 Å². The second kappa shape index (κ2) is 12.3.